The van der Waals surface area contributed by atoms with Crippen molar-refractivity contribution in [3.8, 4) is 0 Å². The van der Waals surface area contributed by atoms with Crippen LogP contribution in [0.3, 0.4) is 0 Å². The first-order valence-corrected chi connectivity index (χ1v) is 9.67. The quantitative estimate of drug-likeness (QED) is 0.757. The molecule has 1 saturated heterocycles. The van der Waals surface area contributed by atoms with E-state index in [0.29, 0.717) is 24.2 Å². The molecule has 1 aliphatic heterocycles. The first-order valence-electron chi connectivity index (χ1n) is 9.67. The second kappa shape index (κ2) is 7.75. The largest absolute Gasteiger partial charge is 0.325 e. The van der Waals surface area contributed by atoms with Gasteiger partial charge in [-0.1, -0.05) is 26.8 Å². The number of hydrogen-bond acceptors (Lipinski definition) is 4. The molecule has 2 heterocycles. The summed E-state index contributed by atoms with van der Waals surface area (Å²) in [4.78, 5) is 25.6. The second-order valence-electron chi connectivity index (χ2n) is 8.42. The summed E-state index contributed by atoms with van der Waals surface area (Å²) in [5, 5.41) is 13.7. The zero-order valence-electron chi connectivity index (χ0n) is 17.0. The van der Waals surface area contributed by atoms with Gasteiger partial charge in [-0.25, -0.2) is 0 Å². The third kappa shape index (κ3) is 4.09. The van der Waals surface area contributed by atoms with Gasteiger partial charge in [0, 0.05) is 29.2 Å². The molecule has 7 nitrogen and oxygen atoms in total. The summed E-state index contributed by atoms with van der Waals surface area (Å²) >= 11 is 0. The number of nitrogens with zero attached hydrogens (tertiary/aromatic N) is 2. The van der Waals surface area contributed by atoms with E-state index in [0.717, 1.165) is 18.7 Å². The van der Waals surface area contributed by atoms with E-state index in [1.807, 2.05) is 58.2 Å². The maximum atomic E-state index is 13.3. The fourth-order valence-corrected chi connectivity index (χ4v) is 3.31. The lowest BCUT2D eigenvalue weighted by molar-refractivity contribution is -0.126. The van der Waals surface area contributed by atoms with Gasteiger partial charge in [-0.3, -0.25) is 14.3 Å². The molecule has 2 amide bonds. The predicted octanol–water partition coefficient (Wildman–Crippen LogP) is 2.89. The number of amides is 2. The number of aromatic nitrogens is 2. The van der Waals surface area contributed by atoms with Crippen molar-refractivity contribution in [2.45, 2.75) is 46.1 Å². The Morgan fingerprint density at radius 2 is 1.89 bits per heavy atom. The SMILES string of the molecule is Cc1ccc(NC(=O)C2(n3cccn3)CCNCC2)cc1NC(=O)C(C)(C)C. The highest BCUT2D eigenvalue weighted by Crippen LogP contribution is 2.30. The van der Waals surface area contributed by atoms with Gasteiger partial charge in [-0.15, -0.1) is 0 Å². The van der Waals surface area contributed by atoms with Gasteiger partial charge in [-0.05, 0) is 56.6 Å². The number of anilines is 2. The zero-order valence-corrected chi connectivity index (χ0v) is 17.0. The van der Waals surface area contributed by atoms with Crippen molar-refractivity contribution in [2.24, 2.45) is 5.41 Å². The van der Waals surface area contributed by atoms with E-state index in [2.05, 4.69) is 21.0 Å². The Hall–Kier alpha value is -2.67. The summed E-state index contributed by atoms with van der Waals surface area (Å²) in [6, 6.07) is 7.41. The van der Waals surface area contributed by atoms with Crippen molar-refractivity contribution in [2.75, 3.05) is 23.7 Å². The third-order valence-corrected chi connectivity index (χ3v) is 5.22. The van der Waals surface area contributed by atoms with E-state index in [1.165, 1.54) is 0 Å². The molecular weight excluding hydrogens is 354 g/mol. The normalized spacial score (nSPS) is 16.4. The standard InChI is InChI=1S/C21H29N5O2/c1-15-6-7-16(14-17(15)25-18(27)20(2,3)4)24-19(28)21(8-11-22-12-9-21)26-13-5-10-23-26/h5-7,10,13-14,22H,8-9,11-12H2,1-4H3,(H,24,28)(H,25,27). The minimum Gasteiger partial charge on any atom is -0.325 e. The van der Waals surface area contributed by atoms with Crippen LogP contribution in [-0.4, -0.2) is 34.7 Å². The molecule has 0 atom stereocenters. The molecule has 0 radical (unpaired) electrons. The van der Waals surface area contributed by atoms with Crippen molar-refractivity contribution in [3.05, 3.63) is 42.2 Å². The monoisotopic (exact) mass is 383 g/mol. The van der Waals surface area contributed by atoms with Gasteiger partial charge in [-0.2, -0.15) is 5.10 Å². The van der Waals surface area contributed by atoms with Crippen LogP contribution < -0.4 is 16.0 Å². The number of aryl methyl sites for hydroxylation is 1. The van der Waals surface area contributed by atoms with Crippen LogP contribution in [0.15, 0.2) is 36.7 Å². The molecule has 0 aliphatic carbocycles. The third-order valence-electron chi connectivity index (χ3n) is 5.22. The lowest BCUT2D eigenvalue weighted by Crippen LogP contribution is -2.52. The van der Waals surface area contributed by atoms with E-state index in [9.17, 15) is 9.59 Å². The highest BCUT2D eigenvalue weighted by molar-refractivity contribution is 5.99. The van der Waals surface area contributed by atoms with Crippen LogP contribution in [0.4, 0.5) is 11.4 Å². The summed E-state index contributed by atoms with van der Waals surface area (Å²) in [5.74, 6) is -0.153. The van der Waals surface area contributed by atoms with Crippen LogP contribution in [-0.2, 0) is 15.1 Å². The molecule has 150 valence electrons. The van der Waals surface area contributed by atoms with Crippen LogP contribution in [0.1, 0.15) is 39.2 Å². The van der Waals surface area contributed by atoms with E-state index >= 15 is 0 Å². The molecule has 3 N–H and O–H groups in total. The number of carbonyl (C=O) groups excluding carboxylic acids is 2. The Balaban J connectivity index is 1.83. The first kappa shape index (κ1) is 20.1. The Kier molecular flexibility index (Phi) is 5.56. The average molecular weight is 383 g/mol. The number of rotatable bonds is 4. The van der Waals surface area contributed by atoms with Crippen molar-refractivity contribution < 1.29 is 9.59 Å². The molecule has 1 aromatic carbocycles. The smallest absolute Gasteiger partial charge is 0.252 e. The molecule has 0 unspecified atom stereocenters. The maximum absolute atomic E-state index is 13.3. The van der Waals surface area contributed by atoms with Gasteiger partial charge in [0.05, 0.1) is 0 Å². The molecule has 3 rings (SSSR count). The lowest BCUT2D eigenvalue weighted by atomic mass is 9.87. The van der Waals surface area contributed by atoms with Gasteiger partial charge in [0.15, 0.2) is 0 Å². The first-order chi connectivity index (χ1) is 13.2. The Morgan fingerprint density at radius 1 is 1.18 bits per heavy atom. The highest BCUT2D eigenvalue weighted by Gasteiger charge is 2.42. The van der Waals surface area contributed by atoms with E-state index in [-0.39, 0.29) is 11.8 Å². The van der Waals surface area contributed by atoms with Gasteiger partial charge >= 0.3 is 0 Å². The van der Waals surface area contributed by atoms with Crippen molar-refractivity contribution in [1.29, 1.82) is 0 Å². The molecule has 2 aromatic rings. The van der Waals surface area contributed by atoms with Gasteiger partial charge in [0.2, 0.25) is 5.91 Å². The van der Waals surface area contributed by atoms with Crippen LogP contribution in [0, 0.1) is 12.3 Å². The number of carbonyl (C=O) groups is 2. The van der Waals surface area contributed by atoms with Crippen LogP contribution in [0.25, 0.3) is 0 Å². The van der Waals surface area contributed by atoms with Crippen molar-refractivity contribution in [3.63, 3.8) is 0 Å². The number of nitrogens with one attached hydrogen (secondary N) is 3. The van der Waals surface area contributed by atoms with Gasteiger partial charge < -0.3 is 16.0 Å². The summed E-state index contributed by atoms with van der Waals surface area (Å²) in [6.45, 7) is 9.06. The zero-order chi connectivity index (χ0) is 20.4. The summed E-state index contributed by atoms with van der Waals surface area (Å²) in [7, 11) is 0. The predicted molar refractivity (Wildman–Crippen MR) is 110 cm³/mol. The lowest BCUT2D eigenvalue weighted by Gasteiger charge is -2.36. The van der Waals surface area contributed by atoms with Gasteiger partial charge in [0.25, 0.3) is 5.91 Å². The number of benzene rings is 1. The van der Waals surface area contributed by atoms with Crippen LogP contribution >= 0.6 is 0 Å². The molecule has 0 saturated carbocycles. The van der Waals surface area contributed by atoms with E-state index in [1.54, 1.807) is 10.9 Å². The summed E-state index contributed by atoms with van der Waals surface area (Å²) < 4.78 is 1.76. The molecule has 0 bridgehead atoms. The van der Waals surface area contributed by atoms with Crippen LogP contribution in [0.5, 0.6) is 0 Å². The molecule has 7 heteroatoms. The van der Waals surface area contributed by atoms with Gasteiger partial charge in [0.1, 0.15) is 5.54 Å². The molecule has 28 heavy (non-hydrogen) atoms. The molecular formula is C21H29N5O2. The highest BCUT2D eigenvalue weighted by atomic mass is 16.2. The number of piperidine rings is 1. The molecule has 1 aromatic heterocycles. The number of hydrogen-bond donors (Lipinski definition) is 3. The minimum absolute atomic E-state index is 0.0644. The second-order valence-corrected chi connectivity index (χ2v) is 8.42. The van der Waals surface area contributed by atoms with E-state index in [4.69, 9.17) is 0 Å². The Labute approximate surface area is 165 Å². The fraction of sp³-hybridized carbons (Fsp3) is 0.476. The van der Waals surface area contributed by atoms with Crippen LogP contribution in [0.2, 0.25) is 0 Å². The minimum atomic E-state index is -0.714. The maximum Gasteiger partial charge on any atom is 0.252 e. The molecule has 1 aliphatic rings. The van der Waals surface area contributed by atoms with E-state index < -0.39 is 11.0 Å². The van der Waals surface area contributed by atoms with Crippen molar-refractivity contribution in [1.82, 2.24) is 15.1 Å². The molecule has 1 fully saturated rings. The summed E-state index contributed by atoms with van der Waals surface area (Å²) in [5.41, 5.74) is 1.10. The van der Waals surface area contributed by atoms with Crippen molar-refractivity contribution >= 4 is 23.2 Å². The Morgan fingerprint density at radius 3 is 2.50 bits per heavy atom. The Bertz CT molecular complexity index is 846. The average Bonchev–Trinajstić information content (AvgIpc) is 3.19. The molecule has 0 spiro atoms. The summed E-state index contributed by atoms with van der Waals surface area (Å²) in [6.07, 6.45) is 4.87. The fourth-order valence-electron chi connectivity index (χ4n) is 3.31. The topological polar surface area (TPSA) is 88.1 Å².